The summed E-state index contributed by atoms with van der Waals surface area (Å²) in [5.41, 5.74) is 0. The highest BCUT2D eigenvalue weighted by Crippen LogP contribution is 2.57. The van der Waals surface area contributed by atoms with Crippen LogP contribution in [-0.2, 0) is 18.2 Å². The normalized spacial score (nSPS) is 32.3. The molecule has 2 rings (SSSR count). The van der Waals surface area contributed by atoms with Crippen molar-refractivity contribution in [1.29, 1.82) is 0 Å². The smallest absolute Gasteiger partial charge is 0.349 e. The van der Waals surface area contributed by atoms with Crippen LogP contribution in [0.3, 0.4) is 0 Å². The number of ether oxygens (including phenoxy) is 1. The first kappa shape index (κ1) is 18.7. The number of hydrogen-bond donors (Lipinski definition) is 0. The fourth-order valence-corrected chi connectivity index (χ4v) is 9.50. The summed E-state index contributed by atoms with van der Waals surface area (Å²) in [5, 5.41) is 0.00370. The topological polar surface area (TPSA) is 44.8 Å². The number of rotatable bonds is 3. The Bertz CT molecular complexity index is 446. The van der Waals surface area contributed by atoms with Crippen molar-refractivity contribution < 1.29 is 18.2 Å². The molecule has 1 heterocycles. The highest BCUT2D eigenvalue weighted by molar-refractivity contribution is 7.62. The zero-order valence-electron chi connectivity index (χ0n) is 15.4. The van der Waals surface area contributed by atoms with Crippen molar-refractivity contribution in [3.8, 4) is 0 Å². The summed E-state index contributed by atoms with van der Waals surface area (Å²) in [5.74, 6) is 0. The molecule has 4 nitrogen and oxygen atoms in total. The SMILES string of the molecule is CC(C)(C)[Si]1(C(C)(C)C)OC2C[C@H](C[C@@H]2OCP(C)(C)=O)O1. The van der Waals surface area contributed by atoms with E-state index in [0.717, 1.165) is 12.8 Å². The van der Waals surface area contributed by atoms with Gasteiger partial charge in [-0.3, -0.25) is 0 Å². The molecule has 0 aromatic heterocycles. The standard InChI is InChI=1S/C16H33O4PSi/c1-15(2,3)22(16(4,5)6)19-12-9-13(14(10-12)20-22)18-11-21(7,8)17/h12-14H,9-11H2,1-8H3/t12-,13-,14?/m0/s1. The van der Waals surface area contributed by atoms with Crippen LogP contribution in [-0.4, -0.2) is 46.6 Å². The van der Waals surface area contributed by atoms with Crippen molar-refractivity contribution in [2.45, 2.75) is 82.8 Å². The quantitative estimate of drug-likeness (QED) is 0.553. The molecule has 6 heteroatoms. The first-order chi connectivity index (χ1) is 9.75. The summed E-state index contributed by atoms with van der Waals surface area (Å²) < 4.78 is 31.2. The Kier molecular flexibility index (Phi) is 4.83. The molecule has 0 radical (unpaired) electrons. The molecule has 1 aliphatic carbocycles. The van der Waals surface area contributed by atoms with Crippen molar-refractivity contribution in [2.24, 2.45) is 0 Å². The van der Waals surface area contributed by atoms with Gasteiger partial charge in [0, 0.05) is 22.9 Å². The number of fused-ring (bicyclic) bond motifs is 2. The van der Waals surface area contributed by atoms with E-state index in [2.05, 4.69) is 41.5 Å². The fourth-order valence-electron chi connectivity index (χ4n) is 3.90. The largest absolute Gasteiger partial charge is 0.390 e. The fraction of sp³-hybridized carbons (Fsp3) is 1.00. The summed E-state index contributed by atoms with van der Waals surface area (Å²) in [6.45, 7) is 16.9. The molecule has 2 fully saturated rings. The van der Waals surface area contributed by atoms with Gasteiger partial charge in [0.2, 0.25) is 0 Å². The van der Waals surface area contributed by atoms with E-state index in [1.165, 1.54) is 0 Å². The second-order valence-electron chi connectivity index (χ2n) is 9.39. The molecule has 22 heavy (non-hydrogen) atoms. The van der Waals surface area contributed by atoms with Gasteiger partial charge >= 0.3 is 8.56 Å². The Morgan fingerprint density at radius 2 is 1.59 bits per heavy atom. The summed E-state index contributed by atoms with van der Waals surface area (Å²) >= 11 is 0. The van der Waals surface area contributed by atoms with Crippen LogP contribution in [0.25, 0.3) is 0 Å². The molecule has 130 valence electrons. The Balaban J connectivity index is 2.20. The molecule has 1 saturated heterocycles. The average Bonchev–Trinajstić information content (AvgIpc) is 2.57. The first-order valence-corrected chi connectivity index (χ1v) is 12.9. The van der Waals surface area contributed by atoms with Gasteiger partial charge in [-0.05, 0) is 13.3 Å². The maximum atomic E-state index is 11.9. The Hall–Kier alpha value is 0.327. The molecule has 0 aromatic carbocycles. The predicted molar refractivity (Wildman–Crippen MR) is 93.4 cm³/mol. The molecule has 0 spiro atoms. The molecule has 0 aromatic rings. The van der Waals surface area contributed by atoms with E-state index >= 15 is 0 Å². The molecular weight excluding hydrogens is 315 g/mol. The second kappa shape index (κ2) is 5.70. The lowest BCUT2D eigenvalue weighted by molar-refractivity contribution is -0.0254. The third kappa shape index (κ3) is 3.54. The van der Waals surface area contributed by atoms with E-state index < -0.39 is 15.7 Å². The molecule has 1 saturated carbocycles. The van der Waals surface area contributed by atoms with E-state index in [1.807, 2.05) is 0 Å². The van der Waals surface area contributed by atoms with E-state index in [0.29, 0.717) is 6.35 Å². The summed E-state index contributed by atoms with van der Waals surface area (Å²) in [7, 11) is -4.57. The molecule has 2 bridgehead atoms. The van der Waals surface area contributed by atoms with Gasteiger partial charge in [-0.25, -0.2) is 0 Å². The second-order valence-corrected chi connectivity index (χ2v) is 17.5. The number of hydrogen-bond acceptors (Lipinski definition) is 4. The summed E-state index contributed by atoms with van der Waals surface area (Å²) in [6.07, 6.45) is 2.45. The van der Waals surface area contributed by atoms with Crippen LogP contribution >= 0.6 is 7.14 Å². The van der Waals surface area contributed by atoms with Crippen LogP contribution in [0.2, 0.25) is 10.1 Å². The van der Waals surface area contributed by atoms with Crippen LogP contribution in [0, 0.1) is 0 Å². The molecule has 1 aliphatic heterocycles. The zero-order valence-corrected chi connectivity index (χ0v) is 17.3. The minimum Gasteiger partial charge on any atom is -0.390 e. The minimum absolute atomic E-state index is 0.00185. The van der Waals surface area contributed by atoms with Crippen LogP contribution in [0.15, 0.2) is 0 Å². The molecule has 3 atom stereocenters. The van der Waals surface area contributed by atoms with Crippen molar-refractivity contribution in [3.63, 3.8) is 0 Å². The van der Waals surface area contributed by atoms with Gasteiger partial charge in [0.05, 0.1) is 24.7 Å². The van der Waals surface area contributed by atoms with Gasteiger partial charge in [0.15, 0.2) is 0 Å². The maximum absolute atomic E-state index is 11.9. The third-order valence-electron chi connectivity index (χ3n) is 4.63. The summed E-state index contributed by atoms with van der Waals surface area (Å²) in [6, 6.07) is 0. The Morgan fingerprint density at radius 3 is 2.05 bits per heavy atom. The highest BCUT2D eigenvalue weighted by Gasteiger charge is 2.64. The Morgan fingerprint density at radius 1 is 1.05 bits per heavy atom. The predicted octanol–water partition coefficient (Wildman–Crippen LogP) is 4.57. The minimum atomic E-state index is -2.42. The van der Waals surface area contributed by atoms with Crippen LogP contribution in [0.5, 0.6) is 0 Å². The van der Waals surface area contributed by atoms with Gasteiger partial charge in [-0.15, -0.1) is 0 Å². The van der Waals surface area contributed by atoms with E-state index in [4.69, 9.17) is 13.6 Å². The van der Waals surface area contributed by atoms with Crippen LogP contribution < -0.4 is 0 Å². The third-order valence-corrected chi connectivity index (χ3v) is 10.6. The van der Waals surface area contributed by atoms with Crippen LogP contribution in [0.1, 0.15) is 54.4 Å². The molecule has 1 unspecified atom stereocenters. The van der Waals surface area contributed by atoms with E-state index in [-0.39, 0.29) is 28.4 Å². The molecule has 0 amide bonds. The monoisotopic (exact) mass is 348 g/mol. The van der Waals surface area contributed by atoms with Crippen LogP contribution in [0.4, 0.5) is 0 Å². The maximum Gasteiger partial charge on any atom is 0.349 e. The molecular formula is C16H33O4PSi. The summed E-state index contributed by atoms with van der Waals surface area (Å²) in [4.78, 5) is 0. The molecule has 0 N–H and O–H groups in total. The van der Waals surface area contributed by atoms with Crippen molar-refractivity contribution in [1.82, 2.24) is 0 Å². The van der Waals surface area contributed by atoms with Crippen molar-refractivity contribution in [3.05, 3.63) is 0 Å². The first-order valence-electron chi connectivity index (χ1n) is 8.26. The van der Waals surface area contributed by atoms with Gasteiger partial charge < -0.3 is 18.2 Å². The van der Waals surface area contributed by atoms with Gasteiger partial charge in [0.25, 0.3) is 0 Å². The van der Waals surface area contributed by atoms with E-state index in [9.17, 15) is 4.57 Å². The Labute approximate surface area is 136 Å². The van der Waals surface area contributed by atoms with E-state index in [1.54, 1.807) is 13.3 Å². The lowest BCUT2D eigenvalue weighted by atomic mass is 10.2. The van der Waals surface area contributed by atoms with Gasteiger partial charge in [-0.2, -0.15) is 0 Å². The highest BCUT2D eigenvalue weighted by atomic mass is 31.2. The zero-order chi connectivity index (χ0) is 17.0. The molecule has 2 aliphatic rings. The average molecular weight is 348 g/mol. The van der Waals surface area contributed by atoms with Gasteiger partial charge in [0.1, 0.15) is 7.14 Å². The van der Waals surface area contributed by atoms with Gasteiger partial charge in [-0.1, -0.05) is 41.5 Å². The van der Waals surface area contributed by atoms with Crippen molar-refractivity contribution >= 4 is 15.7 Å². The lowest BCUT2D eigenvalue weighted by Crippen LogP contribution is -2.62. The lowest BCUT2D eigenvalue weighted by Gasteiger charge is -2.53. The van der Waals surface area contributed by atoms with Crippen molar-refractivity contribution in [2.75, 3.05) is 19.7 Å².